The number of piperidine rings is 1. The molecule has 11 nitrogen and oxygen atoms in total. The van der Waals surface area contributed by atoms with Crippen LogP contribution in [0.25, 0.3) is 21.6 Å². The fourth-order valence-corrected chi connectivity index (χ4v) is 5.88. The molecule has 0 bridgehead atoms. The van der Waals surface area contributed by atoms with E-state index < -0.39 is 0 Å². The van der Waals surface area contributed by atoms with Gasteiger partial charge < -0.3 is 25.0 Å². The first kappa shape index (κ1) is 24.8. The molecule has 3 aromatic rings. The lowest BCUT2D eigenvalue weighted by atomic mass is 10.0. The number of thiophene rings is 1. The molecule has 0 atom stereocenters. The van der Waals surface area contributed by atoms with Crippen LogP contribution < -0.4 is 10.6 Å². The number of morpholine rings is 1. The van der Waals surface area contributed by atoms with Crippen molar-refractivity contribution in [2.24, 2.45) is 0 Å². The average Bonchev–Trinajstić information content (AvgIpc) is 3.31. The first-order valence-electron chi connectivity index (χ1n) is 12.2. The molecule has 0 aromatic carbocycles. The molecule has 0 saturated carbocycles. The summed E-state index contributed by atoms with van der Waals surface area (Å²) in [6.07, 6.45) is 5.24. The molecule has 2 N–H and O–H groups in total. The summed E-state index contributed by atoms with van der Waals surface area (Å²) in [6, 6.07) is 2.43. The van der Waals surface area contributed by atoms with Crippen molar-refractivity contribution in [2.45, 2.75) is 25.4 Å². The fourth-order valence-electron chi connectivity index (χ4n) is 4.73. The van der Waals surface area contributed by atoms with Gasteiger partial charge in [0.2, 0.25) is 11.9 Å². The summed E-state index contributed by atoms with van der Waals surface area (Å²) in [5.41, 5.74) is 7.34. The van der Waals surface area contributed by atoms with Crippen molar-refractivity contribution in [3.05, 3.63) is 23.3 Å². The second kappa shape index (κ2) is 11.0. The average molecular weight is 513 g/mol. The highest BCUT2D eigenvalue weighted by molar-refractivity contribution is 7.19. The van der Waals surface area contributed by atoms with Crippen LogP contribution in [0.15, 0.2) is 18.5 Å². The number of amides is 1. The van der Waals surface area contributed by atoms with Gasteiger partial charge >= 0.3 is 0 Å². The number of likely N-dealkylation sites (tertiary alicyclic amines) is 1. The molecule has 36 heavy (non-hydrogen) atoms. The summed E-state index contributed by atoms with van der Waals surface area (Å²) in [5, 5.41) is 0. The molecule has 0 aliphatic carbocycles. The molecular formula is C24H32N8O3S. The van der Waals surface area contributed by atoms with Gasteiger partial charge in [-0.05, 0) is 18.9 Å². The number of anilines is 2. The monoisotopic (exact) mass is 512 g/mol. The van der Waals surface area contributed by atoms with Gasteiger partial charge in [-0.25, -0.2) is 19.9 Å². The third-order valence-corrected chi connectivity index (χ3v) is 7.90. The number of nitrogens with zero attached hydrogens (tertiary/aromatic N) is 7. The van der Waals surface area contributed by atoms with E-state index in [1.165, 1.54) is 4.88 Å². The summed E-state index contributed by atoms with van der Waals surface area (Å²) in [4.78, 5) is 38.0. The van der Waals surface area contributed by atoms with Crippen molar-refractivity contribution in [3.8, 4) is 11.4 Å². The number of nitrogen functional groups attached to an aromatic ring is 1. The highest BCUT2D eigenvalue weighted by Gasteiger charge is 2.26. The number of methoxy groups -OCH3 is 1. The zero-order valence-corrected chi connectivity index (χ0v) is 21.5. The van der Waals surface area contributed by atoms with E-state index >= 15 is 0 Å². The first-order chi connectivity index (χ1) is 17.5. The number of nitrogens with two attached hydrogens (primary N) is 1. The maximum Gasteiger partial charge on any atom is 0.248 e. The number of rotatable bonds is 7. The fraction of sp³-hybridized carbons (Fsp3) is 0.542. The van der Waals surface area contributed by atoms with Gasteiger partial charge in [-0.15, -0.1) is 11.3 Å². The summed E-state index contributed by atoms with van der Waals surface area (Å²) >= 11 is 1.75. The van der Waals surface area contributed by atoms with E-state index in [0.717, 1.165) is 67.2 Å². The van der Waals surface area contributed by atoms with Gasteiger partial charge in [0.05, 0.1) is 29.0 Å². The van der Waals surface area contributed by atoms with E-state index in [1.54, 1.807) is 30.8 Å². The molecule has 2 aliphatic rings. The Morgan fingerprint density at radius 2 is 1.92 bits per heavy atom. The molecule has 3 aromatic heterocycles. The third kappa shape index (κ3) is 5.41. The maximum absolute atomic E-state index is 12.2. The number of carbonyl (C=O) groups excluding carboxylic acids is 1. The SMILES string of the molecule is COCC(=O)N(C)C1CCN(Cc2cc3nc(-c4cnc(N)nc4)nc(N4CCOCC4)c3s2)CC1. The number of fused-ring (bicyclic) bond motifs is 1. The Balaban J connectivity index is 1.36. The number of hydrogen-bond donors (Lipinski definition) is 1. The summed E-state index contributed by atoms with van der Waals surface area (Å²) in [5.74, 6) is 1.79. The Labute approximate surface area is 214 Å². The summed E-state index contributed by atoms with van der Waals surface area (Å²) in [7, 11) is 3.43. The van der Waals surface area contributed by atoms with Gasteiger partial charge in [0.25, 0.3) is 0 Å². The van der Waals surface area contributed by atoms with Gasteiger partial charge in [-0.2, -0.15) is 0 Å². The molecule has 0 unspecified atom stereocenters. The Kier molecular flexibility index (Phi) is 7.56. The van der Waals surface area contributed by atoms with Crippen molar-refractivity contribution in [3.63, 3.8) is 0 Å². The van der Waals surface area contributed by atoms with E-state index in [2.05, 4.69) is 25.8 Å². The third-order valence-electron chi connectivity index (χ3n) is 6.79. The molecule has 2 saturated heterocycles. The topological polar surface area (TPSA) is 123 Å². The summed E-state index contributed by atoms with van der Waals surface area (Å²) < 4.78 is 11.7. The molecule has 0 radical (unpaired) electrons. The second-order valence-electron chi connectivity index (χ2n) is 9.17. The minimum atomic E-state index is 0.0389. The number of carbonyl (C=O) groups is 1. The van der Waals surface area contributed by atoms with Gasteiger partial charge in [0.15, 0.2) is 11.6 Å². The number of hydrogen-bond acceptors (Lipinski definition) is 11. The van der Waals surface area contributed by atoms with Crippen molar-refractivity contribution >= 4 is 39.2 Å². The van der Waals surface area contributed by atoms with Crippen LogP contribution in [-0.4, -0.2) is 102 Å². The van der Waals surface area contributed by atoms with E-state index in [1.807, 2.05) is 11.9 Å². The molecule has 0 spiro atoms. The molecule has 2 fully saturated rings. The smallest absolute Gasteiger partial charge is 0.248 e. The van der Waals surface area contributed by atoms with E-state index in [-0.39, 0.29) is 24.5 Å². The van der Waals surface area contributed by atoms with Gasteiger partial charge in [-0.1, -0.05) is 0 Å². The van der Waals surface area contributed by atoms with Crippen molar-refractivity contribution in [2.75, 3.05) is 70.8 Å². The van der Waals surface area contributed by atoms with Crippen LogP contribution in [0.3, 0.4) is 0 Å². The van der Waals surface area contributed by atoms with Crippen LogP contribution in [0.1, 0.15) is 17.7 Å². The Bertz CT molecular complexity index is 1190. The van der Waals surface area contributed by atoms with Crippen molar-refractivity contribution < 1.29 is 14.3 Å². The number of likely N-dealkylation sites (N-methyl/N-ethyl adjacent to an activating group) is 1. The van der Waals surface area contributed by atoms with E-state index in [0.29, 0.717) is 19.0 Å². The Hall–Kier alpha value is -2.93. The zero-order valence-electron chi connectivity index (χ0n) is 20.7. The maximum atomic E-state index is 12.2. The van der Waals surface area contributed by atoms with Crippen LogP contribution in [-0.2, 0) is 20.8 Å². The zero-order chi connectivity index (χ0) is 25.1. The predicted molar refractivity (Wildman–Crippen MR) is 139 cm³/mol. The van der Waals surface area contributed by atoms with Crippen molar-refractivity contribution in [1.29, 1.82) is 0 Å². The highest BCUT2D eigenvalue weighted by atomic mass is 32.1. The van der Waals surface area contributed by atoms with E-state index in [9.17, 15) is 4.79 Å². The first-order valence-corrected chi connectivity index (χ1v) is 13.0. The van der Waals surface area contributed by atoms with Crippen LogP contribution in [0.2, 0.25) is 0 Å². The lowest BCUT2D eigenvalue weighted by Gasteiger charge is -2.36. The van der Waals surface area contributed by atoms with Crippen LogP contribution >= 0.6 is 11.3 Å². The predicted octanol–water partition coefficient (Wildman–Crippen LogP) is 1.64. The Morgan fingerprint density at radius 1 is 1.19 bits per heavy atom. The number of aromatic nitrogens is 4. The van der Waals surface area contributed by atoms with Crippen LogP contribution in [0.5, 0.6) is 0 Å². The van der Waals surface area contributed by atoms with Gasteiger partial charge in [0, 0.05) is 70.2 Å². The van der Waals surface area contributed by atoms with Gasteiger partial charge in [-0.3, -0.25) is 9.69 Å². The lowest BCUT2D eigenvalue weighted by molar-refractivity contribution is -0.136. The Morgan fingerprint density at radius 3 is 2.61 bits per heavy atom. The normalized spacial score (nSPS) is 17.6. The molecule has 12 heteroatoms. The highest BCUT2D eigenvalue weighted by Crippen LogP contribution is 2.35. The number of ether oxygens (including phenoxy) is 2. The second-order valence-corrected chi connectivity index (χ2v) is 10.3. The van der Waals surface area contributed by atoms with Gasteiger partial charge in [0.1, 0.15) is 6.61 Å². The largest absolute Gasteiger partial charge is 0.378 e. The molecule has 5 rings (SSSR count). The molecular weight excluding hydrogens is 480 g/mol. The molecule has 192 valence electrons. The minimum absolute atomic E-state index is 0.0389. The lowest BCUT2D eigenvalue weighted by Crippen LogP contribution is -2.46. The summed E-state index contributed by atoms with van der Waals surface area (Å²) in [6.45, 7) is 5.82. The minimum Gasteiger partial charge on any atom is -0.378 e. The molecule has 2 aliphatic heterocycles. The standard InChI is InChI=1S/C24H32N8O3S/c1-30(20(33)15-34-2)17-3-5-31(6-4-17)14-18-11-19-21(36-18)23(32-7-9-35-10-8-32)29-22(28-19)16-12-26-24(25)27-13-16/h11-13,17H,3-10,14-15H2,1-2H3,(H2,25,26,27). The quantitative estimate of drug-likeness (QED) is 0.500. The van der Waals surface area contributed by atoms with Crippen LogP contribution in [0.4, 0.5) is 11.8 Å². The molecule has 1 amide bonds. The molecule has 5 heterocycles. The van der Waals surface area contributed by atoms with Crippen molar-refractivity contribution in [1.82, 2.24) is 29.7 Å². The van der Waals surface area contributed by atoms with Crippen LogP contribution in [0, 0.1) is 0 Å². The van der Waals surface area contributed by atoms with E-state index in [4.69, 9.17) is 25.2 Å².